The monoisotopic (exact) mass is 530 g/mol. The normalized spacial score (nSPS) is 9.42. The zero-order chi connectivity index (χ0) is 25.8. The number of aliphatic hydroxyl groups is 1. The molecule has 0 aromatic heterocycles. The van der Waals surface area contributed by atoms with Crippen LogP contribution in [0.2, 0.25) is 0 Å². The molecule has 0 aromatic carbocycles. The molecule has 214 valence electrons. The van der Waals surface area contributed by atoms with Crippen LogP contribution in [0.5, 0.6) is 0 Å². The van der Waals surface area contributed by atoms with Crippen LogP contribution in [-0.2, 0) is 19.1 Å². The highest BCUT2D eigenvalue weighted by Crippen LogP contribution is 2.12. The Labute approximate surface area is 238 Å². The number of hydrogen-bond donors (Lipinski definition) is 1. The molecule has 0 aromatic rings. The maximum Gasteiger partial charge on any atom is 0.385 e. The Morgan fingerprint density at radius 3 is 1.72 bits per heavy atom. The molecule has 36 heavy (non-hydrogen) atoms. The van der Waals surface area contributed by atoms with Crippen LogP contribution in [0.15, 0.2) is 0 Å². The second kappa shape index (κ2) is 28.3. The lowest BCUT2D eigenvalue weighted by atomic mass is 10.0. The molecular weight excluding hydrogens is 472 g/mol. The standard InChI is InChI=1S/C30H38O5.H2S.9H2/c1-3-5-7-9-11-13-14-15-17-19-21-23-25-30(33)35-28(26-31)27-34-29(32)24-22-20-18-16-12-10-8-6-4-2;;;;;;;;;;/h28,31H,3,5,7,9,11,13-15,17,19,21,23,25-27H2,1-2H3;1H2;9*1H/t28-;;;;;;;;;;/m0........../s1. The molecule has 0 fully saturated rings. The number of esters is 2. The molecule has 0 aliphatic rings. The van der Waals surface area contributed by atoms with Crippen LogP contribution in [0.3, 0.4) is 0 Å². The fraction of sp³-hybridized carbons (Fsp3) is 0.600. The van der Waals surface area contributed by atoms with Gasteiger partial charge in [0, 0.05) is 25.2 Å². The molecule has 0 aliphatic heterocycles. The van der Waals surface area contributed by atoms with Gasteiger partial charge in [-0.2, -0.15) is 13.5 Å². The number of carbonyl (C=O) groups is 2. The Bertz CT molecular complexity index is 946. The van der Waals surface area contributed by atoms with Gasteiger partial charge in [-0.1, -0.05) is 83.5 Å². The predicted molar refractivity (Wildman–Crippen MR) is 168 cm³/mol. The number of ether oxygens (including phenoxy) is 2. The highest BCUT2D eigenvalue weighted by molar-refractivity contribution is 7.59. The number of rotatable bonds is 17. The van der Waals surface area contributed by atoms with Gasteiger partial charge in [0.25, 0.3) is 0 Å². The summed E-state index contributed by atoms with van der Waals surface area (Å²) in [6.07, 6.45) is 14.0. The first kappa shape index (κ1) is 35.2. The number of carbonyl (C=O) groups excluding carboxylic acids is 2. The Balaban J connectivity index is -0.000000128. The summed E-state index contributed by atoms with van der Waals surface area (Å²) >= 11 is 0. The van der Waals surface area contributed by atoms with Crippen molar-refractivity contribution in [2.24, 2.45) is 0 Å². The zero-order valence-electron chi connectivity index (χ0n) is 21.8. The van der Waals surface area contributed by atoms with Gasteiger partial charge in [-0.3, -0.25) is 4.79 Å². The number of aliphatic hydroxyl groups excluding tert-OH is 1. The predicted octanol–water partition coefficient (Wildman–Crippen LogP) is 6.89. The molecule has 6 heteroatoms. The SMILES string of the molecule is CC#CC#CC#CC#CC#CC(=O)OC[C@H](CO)OC(=O)CCCCCCCCCCCCCC.S.[HH].[HH].[HH].[HH].[HH].[HH].[HH].[HH].[HH]. The first-order valence-corrected chi connectivity index (χ1v) is 12.5. The van der Waals surface area contributed by atoms with Crippen LogP contribution in [-0.4, -0.2) is 36.4 Å². The summed E-state index contributed by atoms with van der Waals surface area (Å²) in [4.78, 5) is 23.5. The fourth-order valence-corrected chi connectivity index (χ4v) is 3.02. The second-order valence-electron chi connectivity index (χ2n) is 7.91. The van der Waals surface area contributed by atoms with Gasteiger partial charge in [-0.25, -0.2) is 4.79 Å². The molecule has 0 amide bonds. The van der Waals surface area contributed by atoms with Crippen molar-refractivity contribution in [3.8, 4) is 59.2 Å². The molecule has 0 unspecified atom stereocenters. The Hall–Kier alpha value is -2.95. The van der Waals surface area contributed by atoms with Crippen molar-refractivity contribution in [3.05, 3.63) is 0 Å². The molecule has 0 heterocycles. The van der Waals surface area contributed by atoms with Crippen molar-refractivity contribution in [1.82, 2.24) is 0 Å². The first-order chi connectivity index (χ1) is 17.1. The lowest BCUT2D eigenvalue weighted by Crippen LogP contribution is -2.28. The molecule has 0 saturated heterocycles. The number of hydrogen-bond acceptors (Lipinski definition) is 5. The van der Waals surface area contributed by atoms with E-state index < -0.39 is 24.6 Å². The largest absolute Gasteiger partial charge is 0.456 e. The highest BCUT2D eigenvalue weighted by atomic mass is 32.1. The minimum absolute atomic E-state index is 0. The Morgan fingerprint density at radius 1 is 0.750 bits per heavy atom. The fourth-order valence-electron chi connectivity index (χ4n) is 3.02. The summed E-state index contributed by atoms with van der Waals surface area (Å²) < 4.78 is 10.1. The van der Waals surface area contributed by atoms with Gasteiger partial charge in [0.05, 0.1) is 6.61 Å². The van der Waals surface area contributed by atoms with Gasteiger partial charge >= 0.3 is 11.9 Å². The van der Waals surface area contributed by atoms with Crippen molar-refractivity contribution in [2.45, 2.75) is 103 Å². The molecule has 0 bridgehead atoms. The van der Waals surface area contributed by atoms with Crippen molar-refractivity contribution in [3.63, 3.8) is 0 Å². The summed E-state index contributed by atoms with van der Waals surface area (Å²) in [6.45, 7) is 3.20. The molecule has 0 spiro atoms. The van der Waals surface area contributed by atoms with Crippen LogP contribution >= 0.6 is 13.5 Å². The smallest absolute Gasteiger partial charge is 0.385 e. The molecule has 5 nitrogen and oxygen atoms in total. The summed E-state index contributed by atoms with van der Waals surface area (Å²) in [5.74, 6) is 23.1. The summed E-state index contributed by atoms with van der Waals surface area (Å²) in [6, 6.07) is 0. The van der Waals surface area contributed by atoms with Gasteiger partial charge in [-0.05, 0) is 60.7 Å². The van der Waals surface area contributed by atoms with E-state index in [2.05, 4.69) is 66.1 Å². The van der Waals surface area contributed by atoms with Crippen molar-refractivity contribution in [2.75, 3.05) is 13.2 Å². The topological polar surface area (TPSA) is 72.8 Å². The summed E-state index contributed by atoms with van der Waals surface area (Å²) in [5, 5.41) is 9.35. The van der Waals surface area contributed by atoms with Crippen molar-refractivity contribution in [1.29, 1.82) is 0 Å². The zero-order valence-corrected chi connectivity index (χ0v) is 22.8. The van der Waals surface area contributed by atoms with Gasteiger partial charge in [0.2, 0.25) is 0 Å². The minimum atomic E-state index is -0.910. The Kier molecular flexibility index (Phi) is 27.7. The average Bonchev–Trinajstić information content (AvgIpc) is 2.86. The maximum absolute atomic E-state index is 11.9. The van der Waals surface area contributed by atoms with Crippen molar-refractivity contribution < 1.29 is 37.0 Å². The Morgan fingerprint density at radius 2 is 1.22 bits per heavy atom. The van der Waals surface area contributed by atoms with E-state index in [1.807, 2.05) is 0 Å². The third kappa shape index (κ3) is 25.7. The molecule has 0 saturated carbocycles. The lowest BCUT2D eigenvalue weighted by molar-refractivity contribution is -0.159. The van der Waals surface area contributed by atoms with Crippen LogP contribution in [0.4, 0.5) is 0 Å². The van der Waals surface area contributed by atoms with E-state index in [0.29, 0.717) is 0 Å². The molecule has 1 atom stereocenters. The average molecular weight is 531 g/mol. The van der Waals surface area contributed by atoms with Gasteiger partial charge in [0.1, 0.15) is 6.61 Å². The first-order valence-electron chi connectivity index (χ1n) is 12.5. The third-order valence-electron chi connectivity index (χ3n) is 4.86. The second-order valence-corrected chi connectivity index (χ2v) is 7.91. The van der Waals surface area contributed by atoms with Gasteiger partial charge in [0.15, 0.2) is 6.10 Å². The molecular formula is C30H58O5S. The van der Waals surface area contributed by atoms with E-state index in [4.69, 9.17) is 9.47 Å². The minimum Gasteiger partial charge on any atom is -0.456 e. The van der Waals surface area contributed by atoms with E-state index in [-0.39, 0.29) is 39.4 Å². The molecule has 1 N–H and O–H groups in total. The molecule has 0 rings (SSSR count). The summed E-state index contributed by atoms with van der Waals surface area (Å²) in [5.41, 5.74) is 0. The summed E-state index contributed by atoms with van der Waals surface area (Å²) in [7, 11) is 0. The van der Waals surface area contributed by atoms with E-state index in [1.165, 1.54) is 57.8 Å². The van der Waals surface area contributed by atoms with Crippen LogP contribution in [0, 0.1) is 59.2 Å². The van der Waals surface area contributed by atoms with Gasteiger partial charge in [-0.15, -0.1) is 0 Å². The van der Waals surface area contributed by atoms with Gasteiger partial charge < -0.3 is 14.6 Å². The third-order valence-corrected chi connectivity index (χ3v) is 4.86. The number of unbranched alkanes of at least 4 members (excludes halogenated alkanes) is 11. The molecule has 0 aliphatic carbocycles. The lowest BCUT2D eigenvalue weighted by Gasteiger charge is -2.14. The van der Waals surface area contributed by atoms with E-state index in [0.717, 1.165) is 19.3 Å². The quantitative estimate of drug-likeness (QED) is 0.0959. The van der Waals surface area contributed by atoms with E-state index in [1.54, 1.807) is 6.92 Å². The van der Waals surface area contributed by atoms with Crippen molar-refractivity contribution >= 4 is 25.4 Å². The highest BCUT2D eigenvalue weighted by Gasteiger charge is 2.15. The van der Waals surface area contributed by atoms with E-state index in [9.17, 15) is 14.7 Å². The maximum atomic E-state index is 11.9. The van der Waals surface area contributed by atoms with Crippen LogP contribution in [0.1, 0.15) is 110 Å². The van der Waals surface area contributed by atoms with E-state index >= 15 is 0 Å². The van der Waals surface area contributed by atoms with Crippen LogP contribution < -0.4 is 0 Å². The van der Waals surface area contributed by atoms with Crippen LogP contribution in [0.25, 0.3) is 0 Å². The molecule has 0 radical (unpaired) electrons.